The molecule has 0 amide bonds. The first-order valence-electron chi connectivity index (χ1n) is 12.8. The molecule has 0 bridgehead atoms. The SMILES string of the molecule is O=c1[nH]c2cc3c(cc2cc1CN(Cc1ccc(F)cc1)Cc1nnnn1C1CCCCC1)OCCO3. The highest BCUT2D eigenvalue weighted by Crippen LogP contribution is 2.34. The van der Waals surface area contributed by atoms with Gasteiger partial charge >= 0.3 is 0 Å². The molecule has 0 saturated heterocycles. The number of nitrogens with zero attached hydrogens (tertiary/aromatic N) is 5. The van der Waals surface area contributed by atoms with E-state index in [1.165, 1.54) is 31.4 Å². The van der Waals surface area contributed by atoms with Gasteiger partial charge in [0.15, 0.2) is 17.3 Å². The maximum atomic E-state index is 13.5. The Hall–Kier alpha value is -3.79. The highest BCUT2D eigenvalue weighted by atomic mass is 19.1. The van der Waals surface area contributed by atoms with Crippen LogP contribution in [0.3, 0.4) is 0 Å². The molecule has 37 heavy (non-hydrogen) atoms. The molecule has 1 N–H and O–H groups in total. The summed E-state index contributed by atoms with van der Waals surface area (Å²) < 4.78 is 26.9. The summed E-state index contributed by atoms with van der Waals surface area (Å²) in [7, 11) is 0. The number of aromatic nitrogens is 5. The molecular formula is C27H29FN6O3. The summed E-state index contributed by atoms with van der Waals surface area (Å²) in [5, 5.41) is 13.5. The van der Waals surface area contributed by atoms with E-state index in [2.05, 4.69) is 25.4 Å². The Kier molecular flexibility index (Phi) is 6.57. The fourth-order valence-electron chi connectivity index (χ4n) is 5.29. The summed E-state index contributed by atoms with van der Waals surface area (Å²) in [4.78, 5) is 18.2. The zero-order valence-corrected chi connectivity index (χ0v) is 20.5. The van der Waals surface area contributed by atoms with E-state index in [0.29, 0.717) is 61.5 Å². The number of H-pyrrole nitrogens is 1. The third kappa shape index (κ3) is 5.20. The molecule has 192 valence electrons. The lowest BCUT2D eigenvalue weighted by Gasteiger charge is -2.25. The number of nitrogens with one attached hydrogen (secondary N) is 1. The summed E-state index contributed by atoms with van der Waals surface area (Å²) in [6.07, 6.45) is 5.73. The van der Waals surface area contributed by atoms with Crippen LogP contribution in [0.1, 0.15) is 55.1 Å². The van der Waals surface area contributed by atoms with Gasteiger partial charge in [-0.05, 0) is 53.1 Å². The van der Waals surface area contributed by atoms with E-state index in [-0.39, 0.29) is 11.4 Å². The quantitative estimate of drug-likeness (QED) is 0.404. The first-order valence-corrected chi connectivity index (χ1v) is 12.8. The maximum Gasteiger partial charge on any atom is 0.252 e. The Morgan fingerprint density at radius 1 is 0.973 bits per heavy atom. The average molecular weight is 505 g/mol. The van der Waals surface area contributed by atoms with Crippen LogP contribution in [-0.2, 0) is 19.6 Å². The van der Waals surface area contributed by atoms with E-state index in [4.69, 9.17) is 9.47 Å². The van der Waals surface area contributed by atoms with Crippen LogP contribution in [0.2, 0.25) is 0 Å². The van der Waals surface area contributed by atoms with Crippen LogP contribution in [0.4, 0.5) is 4.39 Å². The summed E-state index contributed by atoms with van der Waals surface area (Å²) in [6, 6.07) is 12.3. The number of rotatable bonds is 7. The molecule has 3 heterocycles. The predicted octanol–water partition coefficient (Wildman–Crippen LogP) is 4.13. The topological polar surface area (TPSA) is 98.2 Å². The maximum absolute atomic E-state index is 13.5. The van der Waals surface area contributed by atoms with Crippen molar-refractivity contribution < 1.29 is 13.9 Å². The van der Waals surface area contributed by atoms with Crippen molar-refractivity contribution in [3.05, 3.63) is 75.6 Å². The van der Waals surface area contributed by atoms with Crippen molar-refractivity contribution in [1.82, 2.24) is 30.1 Å². The fourth-order valence-corrected chi connectivity index (χ4v) is 5.29. The third-order valence-corrected chi connectivity index (χ3v) is 7.14. The second-order valence-electron chi connectivity index (χ2n) is 9.81. The summed E-state index contributed by atoms with van der Waals surface area (Å²) in [5.41, 5.74) is 2.09. The standard InChI is InChI=1S/C27H29FN6O3/c28-21-8-6-18(7-9-21)15-33(17-26-30-31-32-34(26)22-4-2-1-3-5-22)16-20-12-19-13-24-25(37-11-10-36-24)14-23(19)29-27(20)35/h6-9,12-14,22H,1-5,10-11,15-17H2,(H,29,35). The Labute approximate surface area is 213 Å². The van der Waals surface area contributed by atoms with Crippen molar-refractivity contribution in [2.45, 2.75) is 57.8 Å². The van der Waals surface area contributed by atoms with Crippen LogP contribution in [0.15, 0.2) is 47.3 Å². The molecule has 2 aromatic carbocycles. The van der Waals surface area contributed by atoms with Gasteiger partial charge in [0.25, 0.3) is 5.56 Å². The number of tetrazole rings is 1. The highest BCUT2D eigenvalue weighted by molar-refractivity contribution is 5.83. The number of benzene rings is 2. The number of fused-ring (bicyclic) bond motifs is 2. The smallest absolute Gasteiger partial charge is 0.252 e. The van der Waals surface area contributed by atoms with Crippen LogP contribution in [0, 0.1) is 5.82 Å². The van der Waals surface area contributed by atoms with Crippen LogP contribution < -0.4 is 15.0 Å². The van der Waals surface area contributed by atoms with Crippen molar-refractivity contribution in [3.63, 3.8) is 0 Å². The van der Waals surface area contributed by atoms with Crippen molar-refractivity contribution in [2.75, 3.05) is 13.2 Å². The van der Waals surface area contributed by atoms with E-state index in [1.54, 1.807) is 12.1 Å². The highest BCUT2D eigenvalue weighted by Gasteiger charge is 2.22. The van der Waals surface area contributed by atoms with Crippen molar-refractivity contribution >= 4 is 10.9 Å². The van der Waals surface area contributed by atoms with Gasteiger partial charge in [-0.3, -0.25) is 9.69 Å². The molecule has 6 rings (SSSR count). The zero-order valence-electron chi connectivity index (χ0n) is 20.5. The number of halogens is 1. The minimum Gasteiger partial charge on any atom is -0.486 e. The third-order valence-electron chi connectivity index (χ3n) is 7.14. The zero-order chi connectivity index (χ0) is 25.2. The molecule has 1 aliphatic carbocycles. The number of pyridine rings is 1. The van der Waals surface area contributed by atoms with Gasteiger partial charge in [0.1, 0.15) is 19.0 Å². The first-order chi connectivity index (χ1) is 18.1. The van der Waals surface area contributed by atoms with Gasteiger partial charge in [-0.15, -0.1) is 5.10 Å². The van der Waals surface area contributed by atoms with E-state index >= 15 is 0 Å². The van der Waals surface area contributed by atoms with Crippen LogP contribution in [0.5, 0.6) is 11.5 Å². The van der Waals surface area contributed by atoms with Crippen LogP contribution in [-0.4, -0.2) is 43.3 Å². The molecule has 0 unspecified atom stereocenters. The largest absolute Gasteiger partial charge is 0.486 e. The van der Waals surface area contributed by atoms with Gasteiger partial charge in [0, 0.05) is 30.1 Å². The van der Waals surface area contributed by atoms with E-state index in [9.17, 15) is 9.18 Å². The molecule has 2 aromatic heterocycles. The molecular weight excluding hydrogens is 475 g/mol. The molecule has 1 saturated carbocycles. The summed E-state index contributed by atoms with van der Waals surface area (Å²) in [5.74, 6) is 1.80. The molecule has 0 radical (unpaired) electrons. The molecule has 4 aromatic rings. The molecule has 1 fully saturated rings. The van der Waals surface area contributed by atoms with Gasteiger partial charge in [0.05, 0.1) is 18.1 Å². The van der Waals surface area contributed by atoms with Crippen LogP contribution >= 0.6 is 0 Å². The molecule has 2 aliphatic rings. The minimum absolute atomic E-state index is 0.167. The number of ether oxygens (including phenoxy) is 2. The molecule has 0 spiro atoms. The normalized spacial score (nSPS) is 15.9. The second kappa shape index (κ2) is 10.3. The summed E-state index contributed by atoms with van der Waals surface area (Å²) >= 11 is 0. The van der Waals surface area contributed by atoms with Crippen molar-refractivity contribution in [2.24, 2.45) is 0 Å². The van der Waals surface area contributed by atoms with Crippen molar-refractivity contribution in [3.8, 4) is 11.5 Å². The molecule has 9 nitrogen and oxygen atoms in total. The number of hydrogen-bond donors (Lipinski definition) is 1. The van der Waals surface area contributed by atoms with Gasteiger partial charge in [-0.2, -0.15) is 0 Å². The predicted molar refractivity (Wildman–Crippen MR) is 135 cm³/mol. The van der Waals surface area contributed by atoms with Crippen LogP contribution in [0.25, 0.3) is 10.9 Å². The van der Waals surface area contributed by atoms with E-state index < -0.39 is 0 Å². The molecule has 0 atom stereocenters. The summed E-state index contributed by atoms with van der Waals surface area (Å²) in [6.45, 7) is 2.32. The lowest BCUT2D eigenvalue weighted by Crippen LogP contribution is -2.29. The van der Waals surface area contributed by atoms with E-state index in [0.717, 1.165) is 29.6 Å². The molecule has 10 heteroatoms. The Bertz CT molecular complexity index is 1450. The Morgan fingerprint density at radius 2 is 1.73 bits per heavy atom. The van der Waals surface area contributed by atoms with Crippen molar-refractivity contribution in [1.29, 1.82) is 0 Å². The first kappa shape index (κ1) is 23.6. The van der Waals surface area contributed by atoms with Gasteiger partial charge in [-0.25, -0.2) is 9.07 Å². The number of hydrogen-bond acceptors (Lipinski definition) is 7. The Balaban J connectivity index is 1.31. The van der Waals surface area contributed by atoms with E-state index in [1.807, 2.05) is 22.9 Å². The fraction of sp³-hybridized carbons (Fsp3) is 0.407. The lowest BCUT2D eigenvalue weighted by atomic mass is 9.95. The average Bonchev–Trinajstić information content (AvgIpc) is 3.38. The monoisotopic (exact) mass is 504 g/mol. The van der Waals surface area contributed by atoms with Gasteiger partial charge in [-0.1, -0.05) is 31.4 Å². The second-order valence-corrected chi connectivity index (χ2v) is 9.81. The molecule has 1 aliphatic heterocycles. The lowest BCUT2D eigenvalue weighted by molar-refractivity contribution is 0.172. The number of aromatic amines is 1. The van der Waals surface area contributed by atoms with Gasteiger partial charge in [0.2, 0.25) is 0 Å². The minimum atomic E-state index is -0.281. The Morgan fingerprint density at radius 3 is 2.51 bits per heavy atom. The van der Waals surface area contributed by atoms with Gasteiger partial charge < -0.3 is 14.5 Å².